The van der Waals surface area contributed by atoms with Crippen molar-refractivity contribution in [1.82, 2.24) is 14.8 Å². The number of aromatic amines is 1. The maximum atomic E-state index is 13.7. The van der Waals surface area contributed by atoms with Gasteiger partial charge in [-0.25, -0.2) is 4.39 Å². The van der Waals surface area contributed by atoms with Gasteiger partial charge < -0.3 is 14.8 Å². The van der Waals surface area contributed by atoms with Crippen LogP contribution in [0.1, 0.15) is 16.8 Å². The standard InChI is InChI=1S/C22H25ClFN3O/c1-15-19(20-12-18(24)8-9-21(20)25-15)13-22(28)27(11-10-26(2)3)14-16-4-6-17(23)7-5-16/h4-9,12,25H,10-11,13-14H2,1-3H3. The maximum absolute atomic E-state index is 13.7. The van der Waals surface area contributed by atoms with Gasteiger partial charge in [-0.3, -0.25) is 4.79 Å². The van der Waals surface area contributed by atoms with Gasteiger partial charge in [0.1, 0.15) is 5.82 Å². The van der Waals surface area contributed by atoms with E-state index in [9.17, 15) is 9.18 Å². The molecule has 3 aromatic rings. The molecule has 0 aliphatic carbocycles. The van der Waals surface area contributed by atoms with Gasteiger partial charge in [-0.05, 0) is 62.5 Å². The molecule has 6 heteroatoms. The van der Waals surface area contributed by atoms with Gasteiger partial charge in [0.25, 0.3) is 0 Å². The van der Waals surface area contributed by atoms with Gasteiger partial charge in [0.2, 0.25) is 5.91 Å². The van der Waals surface area contributed by atoms with E-state index in [0.717, 1.165) is 34.3 Å². The van der Waals surface area contributed by atoms with Gasteiger partial charge in [-0.2, -0.15) is 0 Å². The molecule has 0 unspecified atom stereocenters. The number of hydrogen-bond donors (Lipinski definition) is 1. The van der Waals surface area contributed by atoms with Crippen LogP contribution in [-0.2, 0) is 17.8 Å². The van der Waals surface area contributed by atoms with Crippen molar-refractivity contribution >= 4 is 28.4 Å². The molecule has 0 bridgehead atoms. The average molecular weight is 402 g/mol. The SMILES string of the molecule is Cc1[nH]c2ccc(F)cc2c1CC(=O)N(CCN(C)C)Cc1ccc(Cl)cc1. The molecule has 3 rings (SSSR count). The van der Waals surface area contributed by atoms with E-state index in [0.29, 0.717) is 18.1 Å². The molecule has 4 nitrogen and oxygen atoms in total. The van der Waals surface area contributed by atoms with Crippen LogP contribution >= 0.6 is 11.6 Å². The minimum atomic E-state index is -0.300. The summed E-state index contributed by atoms with van der Waals surface area (Å²) in [4.78, 5) is 20.3. The molecular weight excluding hydrogens is 377 g/mol. The minimum absolute atomic E-state index is 0.0186. The predicted octanol–water partition coefficient (Wildman–Crippen LogP) is 4.40. The molecule has 0 radical (unpaired) electrons. The van der Waals surface area contributed by atoms with Crippen molar-refractivity contribution in [2.75, 3.05) is 27.2 Å². The number of fused-ring (bicyclic) bond motifs is 1. The summed E-state index contributed by atoms with van der Waals surface area (Å²) in [5.74, 6) is -0.282. The number of hydrogen-bond acceptors (Lipinski definition) is 2. The van der Waals surface area contributed by atoms with Gasteiger partial charge in [0.05, 0.1) is 6.42 Å². The zero-order valence-corrected chi connectivity index (χ0v) is 17.2. The summed E-state index contributed by atoms with van der Waals surface area (Å²) in [5.41, 5.74) is 3.62. The molecule has 0 spiro atoms. The van der Waals surface area contributed by atoms with Crippen LogP contribution in [0.15, 0.2) is 42.5 Å². The summed E-state index contributed by atoms with van der Waals surface area (Å²) in [6, 6.07) is 12.2. The highest BCUT2D eigenvalue weighted by molar-refractivity contribution is 6.30. The molecule has 0 saturated carbocycles. The third-order valence-electron chi connectivity index (χ3n) is 4.87. The van der Waals surface area contributed by atoms with Crippen LogP contribution in [0.4, 0.5) is 4.39 Å². The smallest absolute Gasteiger partial charge is 0.227 e. The van der Waals surface area contributed by atoms with E-state index in [-0.39, 0.29) is 18.1 Å². The topological polar surface area (TPSA) is 39.3 Å². The number of nitrogens with one attached hydrogen (secondary N) is 1. The van der Waals surface area contributed by atoms with Crippen LogP contribution in [0.2, 0.25) is 5.02 Å². The second-order valence-corrected chi connectivity index (χ2v) is 7.78. The fourth-order valence-corrected chi connectivity index (χ4v) is 3.39. The number of halogens is 2. The number of nitrogens with zero attached hydrogens (tertiary/aromatic N) is 2. The number of carbonyl (C=O) groups is 1. The number of benzene rings is 2. The van der Waals surface area contributed by atoms with Gasteiger partial charge >= 0.3 is 0 Å². The van der Waals surface area contributed by atoms with Crippen LogP contribution in [0.5, 0.6) is 0 Å². The van der Waals surface area contributed by atoms with E-state index in [1.807, 2.05) is 50.2 Å². The minimum Gasteiger partial charge on any atom is -0.358 e. The fourth-order valence-electron chi connectivity index (χ4n) is 3.27. The molecule has 0 atom stereocenters. The van der Waals surface area contributed by atoms with Gasteiger partial charge in [-0.15, -0.1) is 0 Å². The lowest BCUT2D eigenvalue weighted by Gasteiger charge is -2.25. The van der Waals surface area contributed by atoms with Crippen molar-refractivity contribution in [3.63, 3.8) is 0 Å². The third-order valence-corrected chi connectivity index (χ3v) is 5.12. The molecular formula is C22H25ClFN3O. The second kappa shape index (κ2) is 8.76. The lowest BCUT2D eigenvalue weighted by molar-refractivity contribution is -0.131. The first-order chi connectivity index (χ1) is 13.3. The Bertz CT molecular complexity index is 966. The maximum Gasteiger partial charge on any atom is 0.227 e. The molecule has 1 N–H and O–H groups in total. The zero-order valence-electron chi connectivity index (χ0n) is 16.4. The molecule has 0 aliphatic heterocycles. The molecule has 1 heterocycles. The Hall–Kier alpha value is -2.37. The van der Waals surface area contributed by atoms with Crippen LogP contribution in [0.3, 0.4) is 0 Å². The first-order valence-electron chi connectivity index (χ1n) is 9.27. The lowest BCUT2D eigenvalue weighted by atomic mass is 10.1. The lowest BCUT2D eigenvalue weighted by Crippen LogP contribution is -2.37. The summed E-state index contributed by atoms with van der Waals surface area (Å²) in [5, 5.41) is 1.44. The van der Waals surface area contributed by atoms with E-state index in [4.69, 9.17) is 11.6 Å². The molecule has 1 aromatic heterocycles. The van der Waals surface area contributed by atoms with Crippen molar-refractivity contribution in [3.8, 4) is 0 Å². The van der Waals surface area contributed by atoms with E-state index in [1.54, 1.807) is 6.07 Å². The number of amides is 1. The fraction of sp³-hybridized carbons (Fsp3) is 0.318. The van der Waals surface area contributed by atoms with E-state index >= 15 is 0 Å². The first-order valence-corrected chi connectivity index (χ1v) is 9.65. The zero-order chi connectivity index (χ0) is 20.3. The number of H-pyrrole nitrogens is 1. The van der Waals surface area contributed by atoms with E-state index in [1.165, 1.54) is 12.1 Å². The largest absolute Gasteiger partial charge is 0.358 e. The van der Waals surface area contributed by atoms with Crippen molar-refractivity contribution in [1.29, 1.82) is 0 Å². The summed E-state index contributed by atoms with van der Waals surface area (Å²) in [6.45, 7) is 3.81. The summed E-state index contributed by atoms with van der Waals surface area (Å²) < 4.78 is 13.7. The summed E-state index contributed by atoms with van der Waals surface area (Å²) in [6.07, 6.45) is 0.232. The van der Waals surface area contributed by atoms with Crippen LogP contribution in [-0.4, -0.2) is 47.9 Å². The molecule has 2 aromatic carbocycles. The summed E-state index contributed by atoms with van der Waals surface area (Å²) in [7, 11) is 3.97. The van der Waals surface area contributed by atoms with Gasteiger partial charge in [-0.1, -0.05) is 23.7 Å². The molecule has 148 valence electrons. The van der Waals surface area contributed by atoms with Crippen LogP contribution in [0, 0.1) is 12.7 Å². The monoisotopic (exact) mass is 401 g/mol. The molecule has 1 amide bonds. The number of likely N-dealkylation sites (N-methyl/N-ethyl adjacent to an activating group) is 1. The van der Waals surface area contributed by atoms with E-state index < -0.39 is 0 Å². The quantitative estimate of drug-likeness (QED) is 0.637. The Kier molecular flexibility index (Phi) is 6.37. The predicted molar refractivity (Wildman–Crippen MR) is 112 cm³/mol. The first kappa shape index (κ1) is 20.4. The second-order valence-electron chi connectivity index (χ2n) is 7.34. The van der Waals surface area contributed by atoms with E-state index in [2.05, 4.69) is 9.88 Å². The number of aromatic nitrogens is 1. The highest BCUT2D eigenvalue weighted by atomic mass is 35.5. The Morgan fingerprint density at radius 2 is 1.82 bits per heavy atom. The van der Waals surface area contributed by atoms with Crippen molar-refractivity contribution < 1.29 is 9.18 Å². The average Bonchev–Trinajstić information content (AvgIpc) is 2.95. The Labute approximate surface area is 169 Å². The van der Waals surface area contributed by atoms with Gasteiger partial charge in [0.15, 0.2) is 0 Å². The Balaban J connectivity index is 1.83. The molecule has 0 fully saturated rings. The molecule has 0 aliphatic rings. The highest BCUT2D eigenvalue weighted by Crippen LogP contribution is 2.24. The van der Waals surface area contributed by atoms with Crippen LogP contribution in [0.25, 0.3) is 10.9 Å². The van der Waals surface area contributed by atoms with Crippen molar-refractivity contribution in [2.45, 2.75) is 19.9 Å². The Morgan fingerprint density at radius 3 is 2.50 bits per heavy atom. The number of aryl methyl sites for hydroxylation is 1. The normalized spacial score (nSPS) is 11.4. The number of carbonyl (C=O) groups excluding carboxylic acids is 1. The Morgan fingerprint density at radius 1 is 1.11 bits per heavy atom. The van der Waals surface area contributed by atoms with Gasteiger partial charge in [0, 0.05) is 41.3 Å². The summed E-state index contributed by atoms with van der Waals surface area (Å²) >= 11 is 5.97. The molecule has 28 heavy (non-hydrogen) atoms. The number of rotatable bonds is 7. The van der Waals surface area contributed by atoms with Crippen LogP contribution < -0.4 is 0 Å². The molecule has 0 saturated heterocycles. The van der Waals surface area contributed by atoms with Crippen molar-refractivity contribution in [3.05, 3.63) is 70.1 Å². The third kappa shape index (κ3) is 4.91. The van der Waals surface area contributed by atoms with Crippen molar-refractivity contribution in [2.24, 2.45) is 0 Å². The highest BCUT2D eigenvalue weighted by Gasteiger charge is 2.19.